The molecule has 404 valence electrons. The van der Waals surface area contributed by atoms with Crippen LogP contribution in [0.4, 0.5) is 9.59 Å². The molecule has 0 saturated carbocycles. The molecule has 24 heteroatoms. The molecule has 2 heterocycles. The van der Waals surface area contributed by atoms with E-state index in [0.717, 1.165) is 99.6 Å². The molecule has 0 unspecified atom stereocenters. The summed E-state index contributed by atoms with van der Waals surface area (Å²) in [5.74, 6) is 0.0372. The van der Waals surface area contributed by atoms with Crippen molar-refractivity contribution >= 4 is 90.9 Å². The molecule has 0 atom stereocenters. The van der Waals surface area contributed by atoms with Crippen LogP contribution in [-0.4, -0.2) is 186 Å². The van der Waals surface area contributed by atoms with Crippen molar-refractivity contribution in [1.29, 1.82) is 0 Å². The van der Waals surface area contributed by atoms with Crippen molar-refractivity contribution in [2.75, 3.05) is 106 Å². The maximum Gasteiger partial charge on any atom is 0.410 e. The van der Waals surface area contributed by atoms with Gasteiger partial charge >= 0.3 is 12.2 Å². The molecule has 2 amide bonds. The lowest BCUT2D eigenvalue weighted by atomic mass is 10.1. The molecule has 2 aromatic rings. The van der Waals surface area contributed by atoms with Crippen LogP contribution in [0.3, 0.4) is 0 Å². The number of hydrogen-bond acceptors (Lipinski definition) is 14. The van der Waals surface area contributed by atoms with Gasteiger partial charge in [0.25, 0.3) is 6.47 Å². The summed E-state index contributed by atoms with van der Waals surface area (Å²) in [6.07, 6.45) is 5.01. The maximum absolute atomic E-state index is 12.7. The number of hydrogen-bond donors (Lipinski definition) is 1. The molecular weight excluding hydrogens is 1040 g/mol. The van der Waals surface area contributed by atoms with Gasteiger partial charge in [0.2, 0.25) is 20.0 Å². The number of sulfonamides is 2. The Hall–Kier alpha value is -3.02. The molecular formula is C47H75Cl4N7O11S2. The van der Waals surface area contributed by atoms with Crippen molar-refractivity contribution in [2.24, 2.45) is 5.73 Å². The monoisotopic (exact) mass is 1120 g/mol. The normalized spacial score (nSPS) is 15.1. The molecule has 2 N–H and O–H groups in total. The fourth-order valence-electron chi connectivity index (χ4n) is 6.85. The Balaban J connectivity index is 0.000000403. The molecule has 0 aromatic heterocycles. The summed E-state index contributed by atoms with van der Waals surface area (Å²) in [5, 5.41) is 0.290. The van der Waals surface area contributed by atoms with E-state index in [9.17, 15) is 36.0 Å². The molecule has 0 spiro atoms. The van der Waals surface area contributed by atoms with Gasteiger partial charge in [-0.2, -0.15) is 4.31 Å². The van der Waals surface area contributed by atoms with Crippen LogP contribution in [0.2, 0.25) is 20.1 Å². The summed E-state index contributed by atoms with van der Waals surface area (Å²) < 4.78 is 67.1. The third-order valence-corrected chi connectivity index (χ3v) is 16.6. The molecule has 2 aromatic carbocycles. The first-order valence-electron chi connectivity index (χ1n) is 23.6. The molecule has 2 saturated heterocycles. The number of nitrogens with two attached hydrogens (primary N) is 1. The minimum Gasteiger partial charge on any atom is -0.466 e. The van der Waals surface area contributed by atoms with Crippen LogP contribution < -0.4 is 5.73 Å². The number of halogens is 4. The molecule has 0 bridgehead atoms. The lowest BCUT2D eigenvalue weighted by Crippen LogP contribution is -2.50. The topological polar surface area (TPSA) is 210 Å². The van der Waals surface area contributed by atoms with E-state index in [-0.39, 0.29) is 80.4 Å². The van der Waals surface area contributed by atoms with E-state index in [4.69, 9.17) is 61.6 Å². The number of carbonyl (C=O) groups excluding carboxylic acids is 4. The van der Waals surface area contributed by atoms with Gasteiger partial charge in [0.1, 0.15) is 33.4 Å². The zero-order chi connectivity index (χ0) is 53.6. The Morgan fingerprint density at radius 2 is 1.03 bits per heavy atom. The number of piperazine rings is 2. The molecule has 0 aliphatic carbocycles. The van der Waals surface area contributed by atoms with Crippen molar-refractivity contribution in [3.05, 3.63) is 56.5 Å². The highest BCUT2D eigenvalue weighted by atomic mass is 35.5. The number of amides is 2. The van der Waals surface area contributed by atoms with Gasteiger partial charge in [-0.15, -0.1) is 0 Å². The Kier molecular flexibility index (Phi) is 28.0. The first kappa shape index (κ1) is 64.1. The van der Waals surface area contributed by atoms with Gasteiger partial charge in [0, 0.05) is 92.4 Å². The first-order chi connectivity index (χ1) is 33.1. The third-order valence-electron chi connectivity index (χ3n) is 10.9. The van der Waals surface area contributed by atoms with E-state index in [1.54, 1.807) is 9.80 Å². The highest BCUT2D eigenvalue weighted by molar-refractivity contribution is 7.89. The smallest absolute Gasteiger partial charge is 0.410 e. The Morgan fingerprint density at radius 3 is 1.42 bits per heavy atom. The van der Waals surface area contributed by atoms with Crippen LogP contribution in [0.25, 0.3) is 0 Å². The van der Waals surface area contributed by atoms with Gasteiger partial charge in [-0.1, -0.05) is 65.0 Å². The van der Waals surface area contributed by atoms with Gasteiger partial charge < -0.3 is 29.7 Å². The molecule has 2 aliphatic heterocycles. The summed E-state index contributed by atoms with van der Waals surface area (Å²) in [6, 6.07) is 8.81. The lowest BCUT2D eigenvalue weighted by molar-refractivity contribution is -0.128. The average Bonchev–Trinajstić information content (AvgIpc) is 3.29. The van der Waals surface area contributed by atoms with Gasteiger partial charge in [-0.25, -0.2) is 30.7 Å². The molecule has 4 rings (SSSR count). The number of nitrogens with zero attached hydrogens (tertiary/aromatic N) is 6. The van der Waals surface area contributed by atoms with Crippen LogP contribution in [0.1, 0.15) is 86.5 Å². The number of rotatable bonds is 21. The van der Waals surface area contributed by atoms with Crippen molar-refractivity contribution in [3.63, 3.8) is 0 Å². The van der Waals surface area contributed by atoms with Gasteiger partial charge in [0.15, 0.2) is 0 Å². The second-order valence-corrected chi connectivity index (χ2v) is 24.5. The minimum atomic E-state index is -3.82. The van der Waals surface area contributed by atoms with Crippen molar-refractivity contribution in [2.45, 2.75) is 107 Å². The number of carbonyl (C=O) groups is 4. The number of benzene rings is 2. The predicted molar refractivity (Wildman–Crippen MR) is 279 cm³/mol. The molecule has 71 heavy (non-hydrogen) atoms. The second kappa shape index (κ2) is 31.0. The summed E-state index contributed by atoms with van der Waals surface area (Å²) in [6.45, 7) is 20.7. The van der Waals surface area contributed by atoms with E-state index < -0.39 is 31.2 Å². The molecule has 2 fully saturated rings. The Labute approximate surface area is 442 Å². The molecule has 2 aliphatic rings. The number of ketones is 1. The fourth-order valence-corrected chi connectivity index (χ4v) is 10.6. The van der Waals surface area contributed by atoms with Gasteiger partial charge in [-0.05, 0) is 111 Å². The van der Waals surface area contributed by atoms with Crippen LogP contribution >= 0.6 is 46.4 Å². The number of unbranched alkanes of at least 4 members (excludes halogenated alkanes) is 3. The van der Waals surface area contributed by atoms with E-state index in [0.29, 0.717) is 19.5 Å². The largest absolute Gasteiger partial charge is 0.466 e. The van der Waals surface area contributed by atoms with E-state index >= 15 is 0 Å². The zero-order valence-corrected chi connectivity index (χ0v) is 47.1. The Morgan fingerprint density at radius 1 is 0.620 bits per heavy atom. The van der Waals surface area contributed by atoms with Gasteiger partial charge in [-0.3, -0.25) is 19.4 Å². The number of likely N-dealkylation sites (N-methyl/N-ethyl adjacent to an activating group) is 1. The summed E-state index contributed by atoms with van der Waals surface area (Å²) >= 11 is 23.6. The molecule has 18 nitrogen and oxygen atoms in total. The van der Waals surface area contributed by atoms with Crippen molar-refractivity contribution in [1.82, 2.24) is 28.2 Å². The fraction of sp³-hybridized carbons (Fsp3) is 0.660. The average molecular weight is 1120 g/mol. The van der Waals surface area contributed by atoms with Crippen molar-refractivity contribution < 1.29 is 50.2 Å². The summed E-state index contributed by atoms with van der Waals surface area (Å²) in [7, 11) is -4.78. The number of ether oxygens (including phenoxy) is 3. The van der Waals surface area contributed by atoms with Crippen LogP contribution in [-0.2, 0) is 43.8 Å². The second-order valence-electron chi connectivity index (χ2n) is 18.9. The minimum absolute atomic E-state index is 0.0152. The highest BCUT2D eigenvalue weighted by Gasteiger charge is 2.29. The first-order valence-corrected chi connectivity index (χ1v) is 28.0. The summed E-state index contributed by atoms with van der Waals surface area (Å²) in [5.41, 5.74) is 4.58. The van der Waals surface area contributed by atoms with Gasteiger partial charge in [0.05, 0.1) is 20.1 Å². The highest BCUT2D eigenvalue weighted by Crippen LogP contribution is 2.32. The Bertz CT molecular complexity index is 2220. The quantitative estimate of drug-likeness (QED) is 0.0720. The van der Waals surface area contributed by atoms with E-state index in [2.05, 4.69) is 14.5 Å². The standard InChI is InChI=1S/C24H37Cl2N3O5S.C13H27N3O2.C10H11Cl2NO4S/c1-24(2,3)34-23(31)29-17-15-28(16-18-29)13-7-5-6-9-19(30)12-14-27(4)35(32,33)21-11-8-10-20(25)22(21)26;1-13(2,3)18-12(17)16-10-8-15(9-11-16)7-5-4-6-14;1-13(5-6-17-7-14)18(15,16)9-4-2-3-8(11)10(9)12/h8,10-11H,5-7,9,12-18H2,1-4H3;4-11,14H2,1-3H3;2-4,7H,5-6H2,1H3. The third kappa shape index (κ3) is 23.4. The predicted octanol–water partition coefficient (Wildman–Crippen LogP) is 7.75. The SMILES string of the molecule is CC(C)(C)OC(=O)N1CCN(CCCCN)CC1.CN(CCC(=O)CCCCCN1CCN(C(=O)OC(C)(C)C)CC1)S(=O)(=O)c1cccc(Cl)c1Cl.CN(CCOC=O)S(=O)(=O)c1cccc(Cl)c1Cl. The lowest BCUT2D eigenvalue weighted by Gasteiger charge is -2.35. The van der Waals surface area contributed by atoms with E-state index in [1.165, 1.54) is 50.5 Å². The summed E-state index contributed by atoms with van der Waals surface area (Å²) in [4.78, 5) is 54.3. The van der Waals surface area contributed by atoms with Crippen LogP contribution in [0.15, 0.2) is 46.2 Å². The number of Topliss-reactive ketones (excluding diaryl/α,β-unsaturated/α-hetero) is 1. The van der Waals surface area contributed by atoms with Crippen LogP contribution in [0, 0.1) is 0 Å². The molecule has 0 radical (unpaired) electrons. The zero-order valence-electron chi connectivity index (χ0n) is 42.5. The van der Waals surface area contributed by atoms with Crippen molar-refractivity contribution in [3.8, 4) is 0 Å². The maximum atomic E-state index is 12.7. The van der Waals surface area contributed by atoms with Crippen LogP contribution in [0.5, 0.6) is 0 Å². The van der Waals surface area contributed by atoms with E-state index in [1.807, 2.05) is 41.5 Å².